The van der Waals surface area contributed by atoms with Gasteiger partial charge in [0.25, 0.3) is 0 Å². The van der Waals surface area contributed by atoms with Gasteiger partial charge in [-0.05, 0) is 30.5 Å². The first-order valence-corrected chi connectivity index (χ1v) is 7.55. The number of hydrogen-bond donors (Lipinski definition) is 2. The Hall–Kier alpha value is -1.11. The highest BCUT2D eigenvalue weighted by Crippen LogP contribution is 2.19. The first kappa shape index (κ1) is 13.3. The molecule has 0 amide bonds. The monoisotopic (exact) mass is 270 g/mol. The standard InChI is InChI=1S/C12H18N2O3S/c13-9-10-1-3-11(4-2-10)14-18(15,16)12-5-7-17-8-6-12/h1-4,12,14H,5-9,13H2. The van der Waals surface area contributed by atoms with Crippen molar-refractivity contribution >= 4 is 15.7 Å². The molecule has 1 aromatic rings. The Kier molecular flexibility index (Phi) is 4.21. The van der Waals surface area contributed by atoms with Crippen LogP contribution in [0.4, 0.5) is 5.69 Å². The molecule has 5 nitrogen and oxygen atoms in total. The van der Waals surface area contributed by atoms with E-state index in [1.807, 2.05) is 12.1 Å². The maximum absolute atomic E-state index is 12.1. The molecule has 0 radical (unpaired) electrons. The van der Waals surface area contributed by atoms with Crippen LogP contribution in [0.15, 0.2) is 24.3 Å². The van der Waals surface area contributed by atoms with E-state index in [9.17, 15) is 8.42 Å². The molecule has 1 aliphatic rings. The van der Waals surface area contributed by atoms with Crippen molar-refractivity contribution in [2.75, 3.05) is 17.9 Å². The second kappa shape index (κ2) is 5.69. The van der Waals surface area contributed by atoms with Gasteiger partial charge in [0.05, 0.1) is 5.25 Å². The predicted molar refractivity (Wildman–Crippen MR) is 70.7 cm³/mol. The number of ether oxygens (including phenoxy) is 1. The van der Waals surface area contributed by atoms with Crippen LogP contribution >= 0.6 is 0 Å². The molecule has 0 atom stereocenters. The Bertz CT molecular complexity index is 479. The molecule has 0 bridgehead atoms. The van der Waals surface area contributed by atoms with Gasteiger partial charge < -0.3 is 10.5 Å². The molecular formula is C12H18N2O3S. The number of rotatable bonds is 4. The molecule has 0 aromatic heterocycles. The summed E-state index contributed by atoms with van der Waals surface area (Å²) in [5.41, 5.74) is 7.05. The van der Waals surface area contributed by atoms with Gasteiger partial charge >= 0.3 is 0 Å². The quantitative estimate of drug-likeness (QED) is 0.857. The molecular weight excluding hydrogens is 252 g/mol. The molecule has 0 spiro atoms. The van der Waals surface area contributed by atoms with Crippen LogP contribution in [-0.2, 0) is 21.3 Å². The third-order valence-corrected chi connectivity index (χ3v) is 4.93. The highest BCUT2D eigenvalue weighted by molar-refractivity contribution is 7.93. The average Bonchev–Trinajstić information content (AvgIpc) is 2.40. The van der Waals surface area contributed by atoms with E-state index >= 15 is 0 Å². The number of nitrogens with two attached hydrogens (primary N) is 1. The minimum Gasteiger partial charge on any atom is -0.381 e. The van der Waals surface area contributed by atoms with E-state index in [1.54, 1.807) is 12.1 Å². The fourth-order valence-corrected chi connectivity index (χ4v) is 3.39. The Morgan fingerprint density at radius 3 is 2.39 bits per heavy atom. The molecule has 0 saturated carbocycles. The van der Waals surface area contributed by atoms with Crippen LogP contribution in [0, 0.1) is 0 Å². The first-order chi connectivity index (χ1) is 8.62. The summed E-state index contributed by atoms with van der Waals surface area (Å²) in [4.78, 5) is 0. The van der Waals surface area contributed by atoms with Crippen LogP contribution in [0.25, 0.3) is 0 Å². The van der Waals surface area contributed by atoms with Gasteiger partial charge in [0.1, 0.15) is 0 Å². The Labute approximate surface area is 107 Å². The van der Waals surface area contributed by atoms with Gasteiger partial charge in [-0.3, -0.25) is 4.72 Å². The minimum atomic E-state index is -3.32. The second-order valence-electron chi connectivity index (χ2n) is 4.36. The van der Waals surface area contributed by atoms with Crippen LogP contribution in [-0.4, -0.2) is 26.9 Å². The molecule has 1 aliphatic heterocycles. The summed E-state index contributed by atoms with van der Waals surface area (Å²) in [6, 6.07) is 7.11. The van der Waals surface area contributed by atoms with Crippen LogP contribution in [0.2, 0.25) is 0 Å². The third-order valence-electron chi connectivity index (χ3n) is 3.06. The number of sulfonamides is 1. The smallest absolute Gasteiger partial charge is 0.235 e. The molecule has 100 valence electrons. The first-order valence-electron chi connectivity index (χ1n) is 6.00. The lowest BCUT2D eigenvalue weighted by Crippen LogP contribution is -2.33. The zero-order valence-corrected chi connectivity index (χ0v) is 10.9. The maximum Gasteiger partial charge on any atom is 0.235 e. The fourth-order valence-electron chi connectivity index (χ4n) is 1.94. The van der Waals surface area contributed by atoms with E-state index < -0.39 is 10.0 Å². The van der Waals surface area contributed by atoms with Crippen molar-refractivity contribution < 1.29 is 13.2 Å². The van der Waals surface area contributed by atoms with E-state index in [-0.39, 0.29) is 5.25 Å². The molecule has 1 fully saturated rings. The molecule has 2 rings (SSSR count). The molecule has 18 heavy (non-hydrogen) atoms. The van der Waals surface area contributed by atoms with E-state index in [4.69, 9.17) is 10.5 Å². The summed E-state index contributed by atoms with van der Waals surface area (Å²) < 4.78 is 32.0. The Morgan fingerprint density at radius 2 is 1.83 bits per heavy atom. The maximum atomic E-state index is 12.1. The number of benzene rings is 1. The summed E-state index contributed by atoms with van der Waals surface area (Å²) in [6.07, 6.45) is 1.10. The summed E-state index contributed by atoms with van der Waals surface area (Å²) in [6.45, 7) is 1.47. The van der Waals surface area contributed by atoms with Gasteiger partial charge in [-0.15, -0.1) is 0 Å². The van der Waals surface area contributed by atoms with Crippen molar-refractivity contribution in [1.82, 2.24) is 0 Å². The van der Waals surface area contributed by atoms with Gasteiger partial charge in [-0.25, -0.2) is 8.42 Å². The lowest BCUT2D eigenvalue weighted by molar-refractivity contribution is 0.0984. The lowest BCUT2D eigenvalue weighted by atomic mass is 10.2. The van der Waals surface area contributed by atoms with Gasteiger partial charge in [0.2, 0.25) is 10.0 Å². The highest BCUT2D eigenvalue weighted by atomic mass is 32.2. The summed E-state index contributed by atoms with van der Waals surface area (Å²) >= 11 is 0. The summed E-state index contributed by atoms with van der Waals surface area (Å²) in [7, 11) is -3.32. The van der Waals surface area contributed by atoms with Gasteiger partial charge in [0, 0.05) is 25.4 Å². The second-order valence-corrected chi connectivity index (χ2v) is 6.32. The van der Waals surface area contributed by atoms with Crippen molar-refractivity contribution in [3.05, 3.63) is 29.8 Å². The predicted octanol–water partition coefficient (Wildman–Crippen LogP) is 1.07. The molecule has 1 aromatic carbocycles. The van der Waals surface area contributed by atoms with Crippen LogP contribution in [0.3, 0.4) is 0 Å². The Balaban J connectivity index is 2.06. The van der Waals surface area contributed by atoms with Gasteiger partial charge in [-0.1, -0.05) is 12.1 Å². The largest absolute Gasteiger partial charge is 0.381 e. The van der Waals surface area contributed by atoms with Gasteiger partial charge in [-0.2, -0.15) is 0 Å². The fraction of sp³-hybridized carbons (Fsp3) is 0.500. The number of hydrogen-bond acceptors (Lipinski definition) is 4. The molecule has 0 unspecified atom stereocenters. The molecule has 0 aliphatic carbocycles. The van der Waals surface area contributed by atoms with Crippen LogP contribution < -0.4 is 10.5 Å². The zero-order valence-electron chi connectivity index (χ0n) is 10.1. The molecule has 6 heteroatoms. The minimum absolute atomic E-state index is 0.361. The summed E-state index contributed by atoms with van der Waals surface area (Å²) in [5.74, 6) is 0. The lowest BCUT2D eigenvalue weighted by Gasteiger charge is -2.22. The Morgan fingerprint density at radius 1 is 1.22 bits per heavy atom. The highest BCUT2D eigenvalue weighted by Gasteiger charge is 2.27. The van der Waals surface area contributed by atoms with Crippen LogP contribution in [0.5, 0.6) is 0 Å². The van der Waals surface area contributed by atoms with E-state index in [2.05, 4.69) is 4.72 Å². The van der Waals surface area contributed by atoms with E-state index in [0.29, 0.717) is 38.3 Å². The summed E-state index contributed by atoms with van der Waals surface area (Å²) in [5, 5.41) is -0.361. The van der Waals surface area contributed by atoms with Crippen LogP contribution in [0.1, 0.15) is 18.4 Å². The van der Waals surface area contributed by atoms with Crippen molar-refractivity contribution in [2.24, 2.45) is 5.73 Å². The van der Waals surface area contributed by atoms with Crippen molar-refractivity contribution in [3.8, 4) is 0 Å². The third kappa shape index (κ3) is 3.22. The van der Waals surface area contributed by atoms with E-state index in [0.717, 1.165) is 5.56 Å². The molecule has 1 saturated heterocycles. The van der Waals surface area contributed by atoms with Crippen molar-refractivity contribution in [2.45, 2.75) is 24.6 Å². The van der Waals surface area contributed by atoms with Crippen molar-refractivity contribution in [1.29, 1.82) is 0 Å². The van der Waals surface area contributed by atoms with E-state index in [1.165, 1.54) is 0 Å². The van der Waals surface area contributed by atoms with Crippen molar-refractivity contribution in [3.63, 3.8) is 0 Å². The normalized spacial score (nSPS) is 17.6. The molecule has 1 heterocycles. The topological polar surface area (TPSA) is 81.4 Å². The van der Waals surface area contributed by atoms with Gasteiger partial charge in [0.15, 0.2) is 0 Å². The number of anilines is 1. The molecule has 3 N–H and O–H groups in total. The zero-order chi connectivity index (χ0) is 13.0. The number of nitrogens with one attached hydrogen (secondary N) is 1. The average molecular weight is 270 g/mol. The SMILES string of the molecule is NCc1ccc(NS(=O)(=O)C2CCOCC2)cc1.